The van der Waals surface area contributed by atoms with Gasteiger partial charge in [-0.1, -0.05) is 55.1 Å². The van der Waals surface area contributed by atoms with E-state index in [1.165, 1.54) is 6.08 Å². The van der Waals surface area contributed by atoms with Gasteiger partial charge < -0.3 is 15.2 Å². The minimum absolute atomic E-state index is 0.426. The SMILES string of the molecule is C=CCOc1ccc(/C=C/C(=O)OC(C(N)=O)c2ccccc2)cc1. The minimum atomic E-state index is -1.12. The average Bonchev–Trinajstić information content (AvgIpc) is 2.64. The van der Waals surface area contributed by atoms with E-state index < -0.39 is 18.0 Å². The number of amides is 1. The summed E-state index contributed by atoms with van der Waals surface area (Å²) in [7, 11) is 0. The Labute approximate surface area is 146 Å². The van der Waals surface area contributed by atoms with Crippen LogP contribution < -0.4 is 10.5 Å². The maximum absolute atomic E-state index is 12.0. The van der Waals surface area contributed by atoms with Gasteiger partial charge >= 0.3 is 5.97 Å². The first-order valence-electron chi connectivity index (χ1n) is 7.67. The Morgan fingerprint density at radius 3 is 2.36 bits per heavy atom. The summed E-state index contributed by atoms with van der Waals surface area (Å²) in [5, 5.41) is 0. The summed E-state index contributed by atoms with van der Waals surface area (Å²) in [6, 6.07) is 15.8. The van der Waals surface area contributed by atoms with Crippen LogP contribution >= 0.6 is 0 Å². The molecule has 0 spiro atoms. The molecule has 0 aliphatic rings. The summed E-state index contributed by atoms with van der Waals surface area (Å²) in [5.41, 5.74) is 6.64. The van der Waals surface area contributed by atoms with Crippen LogP contribution in [-0.2, 0) is 14.3 Å². The molecule has 0 radical (unpaired) electrons. The number of esters is 1. The maximum atomic E-state index is 12.0. The normalized spacial score (nSPS) is 11.7. The molecule has 1 amide bonds. The number of nitrogens with two attached hydrogens (primary N) is 1. The van der Waals surface area contributed by atoms with E-state index in [1.54, 1.807) is 66.7 Å². The first-order valence-corrected chi connectivity index (χ1v) is 7.67. The fraction of sp³-hybridized carbons (Fsp3) is 0.100. The van der Waals surface area contributed by atoms with Gasteiger partial charge in [-0.15, -0.1) is 0 Å². The van der Waals surface area contributed by atoms with E-state index in [4.69, 9.17) is 15.2 Å². The highest BCUT2D eigenvalue weighted by atomic mass is 16.5. The predicted molar refractivity (Wildman–Crippen MR) is 95.6 cm³/mol. The third-order valence-corrected chi connectivity index (χ3v) is 3.25. The summed E-state index contributed by atoms with van der Waals surface area (Å²) >= 11 is 0. The van der Waals surface area contributed by atoms with E-state index in [0.29, 0.717) is 17.9 Å². The van der Waals surface area contributed by atoms with Crippen molar-refractivity contribution in [3.8, 4) is 5.75 Å². The Morgan fingerprint density at radius 1 is 1.08 bits per heavy atom. The topological polar surface area (TPSA) is 78.6 Å². The molecule has 2 aromatic rings. The molecule has 128 valence electrons. The number of ether oxygens (including phenoxy) is 2. The first-order chi connectivity index (χ1) is 12.1. The smallest absolute Gasteiger partial charge is 0.331 e. The molecule has 0 heterocycles. The highest BCUT2D eigenvalue weighted by Gasteiger charge is 2.21. The van der Waals surface area contributed by atoms with E-state index in [9.17, 15) is 9.59 Å². The molecule has 5 nitrogen and oxygen atoms in total. The average molecular weight is 337 g/mol. The summed E-state index contributed by atoms with van der Waals surface area (Å²) in [6.07, 6.45) is 3.38. The Balaban J connectivity index is 1.99. The zero-order chi connectivity index (χ0) is 18.1. The molecule has 2 aromatic carbocycles. The Bertz CT molecular complexity index is 751. The number of hydrogen-bond acceptors (Lipinski definition) is 4. The van der Waals surface area contributed by atoms with Crippen molar-refractivity contribution in [2.24, 2.45) is 5.73 Å². The van der Waals surface area contributed by atoms with Gasteiger partial charge in [-0.25, -0.2) is 4.79 Å². The summed E-state index contributed by atoms with van der Waals surface area (Å²) < 4.78 is 10.5. The molecule has 0 fully saturated rings. The lowest BCUT2D eigenvalue weighted by molar-refractivity contribution is -0.150. The van der Waals surface area contributed by atoms with Crippen LogP contribution in [0.2, 0.25) is 0 Å². The second-order valence-electron chi connectivity index (χ2n) is 5.13. The van der Waals surface area contributed by atoms with E-state index in [1.807, 2.05) is 0 Å². The van der Waals surface area contributed by atoms with Gasteiger partial charge in [-0.3, -0.25) is 4.79 Å². The van der Waals surface area contributed by atoms with Crippen LogP contribution in [0.4, 0.5) is 0 Å². The fourth-order valence-corrected chi connectivity index (χ4v) is 2.07. The van der Waals surface area contributed by atoms with E-state index in [0.717, 1.165) is 5.56 Å². The number of rotatable bonds is 8. The lowest BCUT2D eigenvalue weighted by atomic mass is 10.1. The lowest BCUT2D eigenvalue weighted by Gasteiger charge is -2.13. The largest absolute Gasteiger partial charge is 0.490 e. The van der Waals surface area contributed by atoms with Gasteiger partial charge in [0.05, 0.1) is 0 Å². The van der Waals surface area contributed by atoms with Crippen molar-refractivity contribution in [2.75, 3.05) is 6.61 Å². The number of primary amides is 1. The quantitative estimate of drug-likeness (QED) is 0.456. The Hall–Kier alpha value is -3.34. The molecule has 2 rings (SSSR count). The molecule has 2 N–H and O–H groups in total. The predicted octanol–water partition coefficient (Wildman–Crippen LogP) is 3.03. The van der Waals surface area contributed by atoms with E-state index >= 15 is 0 Å². The minimum Gasteiger partial charge on any atom is -0.490 e. The van der Waals surface area contributed by atoms with Crippen LogP contribution in [0.3, 0.4) is 0 Å². The molecule has 5 heteroatoms. The van der Waals surface area contributed by atoms with E-state index in [2.05, 4.69) is 6.58 Å². The van der Waals surface area contributed by atoms with Gasteiger partial charge in [0, 0.05) is 11.6 Å². The summed E-state index contributed by atoms with van der Waals surface area (Å²) in [5.74, 6) is -0.672. The second-order valence-corrected chi connectivity index (χ2v) is 5.13. The molecule has 0 saturated heterocycles. The number of benzene rings is 2. The molecule has 0 aliphatic carbocycles. The van der Waals surface area contributed by atoms with Crippen LogP contribution in [-0.4, -0.2) is 18.5 Å². The summed E-state index contributed by atoms with van der Waals surface area (Å²) in [6.45, 7) is 4.01. The van der Waals surface area contributed by atoms with Crippen LogP contribution in [0, 0.1) is 0 Å². The van der Waals surface area contributed by atoms with Crippen molar-refractivity contribution in [1.29, 1.82) is 0 Å². The van der Waals surface area contributed by atoms with E-state index in [-0.39, 0.29) is 0 Å². The van der Waals surface area contributed by atoms with Crippen LogP contribution in [0.15, 0.2) is 73.3 Å². The van der Waals surface area contributed by atoms with Crippen molar-refractivity contribution in [2.45, 2.75) is 6.10 Å². The van der Waals surface area contributed by atoms with Gasteiger partial charge in [-0.2, -0.15) is 0 Å². The van der Waals surface area contributed by atoms with Crippen molar-refractivity contribution >= 4 is 18.0 Å². The first kappa shape index (κ1) is 18.0. The molecule has 1 atom stereocenters. The van der Waals surface area contributed by atoms with Crippen LogP contribution in [0.1, 0.15) is 17.2 Å². The highest BCUT2D eigenvalue weighted by molar-refractivity contribution is 5.90. The van der Waals surface area contributed by atoms with Gasteiger partial charge in [0.25, 0.3) is 5.91 Å². The number of carbonyl (C=O) groups excluding carboxylic acids is 2. The standard InChI is InChI=1S/C20H19NO4/c1-2-14-24-17-11-8-15(9-12-17)10-13-18(22)25-19(20(21)23)16-6-4-3-5-7-16/h2-13,19H,1,14H2,(H2,21,23)/b13-10+. The molecule has 0 saturated carbocycles. The third kappa shape index (κ3) is 5.66. The van der Waals surface area contributed by atoms with Gasteiger partial charge in [-0.05, 0) is 23.8 Å². The monoisotopic (exact) mass is 337 g/mol. The van der Waals surface area contributed by atoms with Crippen molar-refractivity contribution in [1.82, 2.24) is 0 Å². The second kappa shape index (κ2) is 9.08. The third-order valence-electron chi connectivity index (χ3n) is 3.25. The van der Waals surface area contributed by atoms with Crippen molar-refractivity contribution in [3.63, 3.8) is 0 Å². The lowest BCUT2D eigenvalue weighted by Crippen LogP contribution is -2.25. The van der Waals surface area contributed by atoms with Gasteiger partial charge in [0.1, 0.15) is 12.4 Å². The summed E-state index contributed by atoms with van der Waals surface area (Å²) in [4.78, 5) is 23.5. The number of hydrogen-bond donors (Lipinski definition) is 1. The van der Waals surface area contributed by atoms with Gasteiger partial charge in [0.15, 0.2) is 0 Å². The maximum Gasteiger partial charge on any atom is 0.331 e. The van der Waals surface area contributed by atoms with Crippen molar-refractivity contribution < 1.29 is 19.1 Å². The number of carbonyl (C=O) groups is 2. The Morgan fingerprint density at radius 2 is 1.76 bits per heavy atom. The zero-order valence-corrected chi connectivity index (χ0v) is 13.6. The highest BCUT2D eigenvalue weighted by Crippen LogP contribution is 2.18. The van der Waals surface area contributed by atoms with Gasteiger partial charge in [0.2, 0.25) is 6.10 Å². The molecule has 0 bridgehead atoms. The molecular weight excluding hydrogens is 318 g/mol. The molecule has 1 unspecified atom stereocenters. The molecule has 0 aliphatic heterocycles. The molecular formula is C20H19NO4. The molecule has 0 aromatic heterocycles. The molecule has 25 heavy (non-hydrogen) atoms. The van der Waals surface area contributed by atoms with Crippen LogP contribution in [0.5, 0.6) is 5.75 Å². The Kier molecular flexibility index (Phi) is 6.54. The zero-order valence-electron chi connectivity index (χ0n) is 13.6. The van der Waals surface area contributed by atoms with Crippen LogP contribution in [0.25, 0.3) is 6.08 Å². The van der Waals surface area contributed by atoms with Crippen molar-refractivity contribution in [3.05, 3.63) is 84.5 Å². The fourth-order valence-electron chi connectivity index (χ4n) is 2.07.